The zero-order valence-corrected chi connectivity index (χ0v) is 19.9. The lowest BCUT2D eigenvalue weighted by Gasteiger charge is -2.36. The Hall–Kier alpha value is -1.45. The number of carbonyl (C=O) groups is 2. The fourth-order valence-corrected chi connectivity index (χ4v) is 3.76. The number of nitrogens with zero attached hydrogens (tertiary/aromatic N) is 2. The van der Waals surface area contributed by atoms with E-state index in [1.54, 1.807) is 6.92 Å². The van der Waals surface area contributed by atoms with E-state index in [-0.39, 0.29) is 17.7 Å². The first-order valence-corrected chi connectivity index (χ1v) is 11.1. The maximum atomic E-state index is 11.5. The predicted octanol–water partition coefficient (Wildman–Crippen LogP) is 4.65. The van der Waals surface area contributed by atoms with Gasteiger partial charge in [0.25, 0.3) is 0 Å². The van der Waals surface area contributed by atoms with E-state index in [9.17, 15) is 9.59 Å². The number of benzene rings is 1. The Kier molecular flexibility index (Phi) is 13.8. The summed E-state index contributed by atoms with van der Waals surface area (Å²) in [4.78, 5) is 26.0. The molecule has 1 N–H and O–H groups in total. The van der Waals surface area contributed by atoms with Crippen LogP contribution in [0.25, 0.3) is 0 Å². The van der Waals surface area contributed by atoms with E-state index in [1.165, 1.54) is 24.0 Å². The van der Waals surface area contributed by atoms with E-state index in [2.05, 4.69) is 39.7 Å². The van der Waals surface area contributed by atoms with Crippen LogP contribution in [0.5, 0.6) is 0 Å². The molecule has 3 atom stereocenters. The van der Waals surface area contributed by atoms with E-state index in [1.807, 2.05) is 50.6 Å². The normalized spacial score (nSPS) is 19.7. The Balaban J connectivity index is 0.000000481. The summed E-state index contributed by atoms with van der Waals surface area (Å²) in [6.07, 6.45) is 3.37. The van der Waals surface area contributed by atoms with Crippen LogP contribution >= 0.6 is 9.24 Å². The van der Waals surface area contributed by atoms with E-state index >= 15 is 0 Å². The van der Waals surface area contributed by atoms with Crippen molar-refractivity contribution in [1.82, 2.24) is 15.1 Å². The van der Waals surface area contributed by atoms with E-state index in [0.29, 0.717) is 6.04 Å². The lowest BCUT2D eigenvalue weighted by molar-refractivity contribution is -0.132. The molecule has 160 valence electrons. The number of likely N-dealkylation sites (N-methyl/N-ethyl adjacent to an activating group) is 1. The van der Waals surface area contributed by atoms with Crippen molar-refractivity contribution in [3.8, 4) is 0 Å². The van der Waals surface area contributed by atoms with Crippen molar-refractivity contribution >= 4 is 20.8 Å². The van der Waals surface area contributed by atoms with Crippen LogP contribution in [0.1, 0.15) is 65.5 Å². The van der Waals surface area contributed by atoms with Crippen molar-refractivity contribution in [2.45, 2.75) is 79.6 Å². The molecule has 2 heterocycles. The molecule has 0 bridgehead atoms. The van der Waals surface area contributed by atoms with Crippen LogP contribution < -0.4 is 5.32 Å². The van der Waals surface area contributed by atoms with Gasteiger partial charge < -0.3 is 15.1 Å². The number of fused-ring (bicyclic) bond motifs is 1. The minimum Gasteiger partial charge on any atom is -0.337 e. The molecule has 0 aliphatic carbocycles. The Morgan fingerprint density at radius 1 is 1.07 bits per heavy atom. The van der Waals surface area contributed by atoms with Gasteiger partial charge in [0.05, 0.1) is 6.17 Å². The lowest BCUT2D eigenvalue weighted by atomic mass is 9.97. The number of amides is 2. The second kappa shape index (κ2) is 14.5. The number of rotatable bonds is 1. The maximum Gasteiger partial charge on any atom is 0.237 e. The molecule has 0 spiro atoms. The van der Waals surface area contributed by atoms with Gasteiger partial charge >= 0.3 is 0 Å². The van der Waals surface area contributed by atoms with Crippen molar-refractivity contribution in [2.24, 2.45) is 0 Å². The average molecular weight is 410 g/mol. The van der Waals surface area contributed by atoms with Crippen LogP contribution in [-0.2, 0) is 17.8 Å². The van der Waals surface area contributed by atoms with Crippen molar-refractivity contribution in [3.05, 3.63) is 35.4 Å². The van der Waals surface area contributed by atoms with Crippen LogP contribution in [0.3, 0.4) is 0 Å². The molecule has 5 nitrogen and oxygen atoms in total. The first kappa shape index (κ1) is 26.6. The van der Waals surface area contributed by atoms with Crippen molar-refractivity contribution < 1.29 is 9.59 Å². The third kappa shape index (κ3) is 7.89. The minimum atomic E-state index is 0.129. The van der Waals surface area contributed by atoms with Gasteiger partial charge in [0.1, 0.15) is 0 Å². The summed E-state index contributed by atoms with van der Waals surface area (Å²) in [7, 11) is 4.11. The van der Waals surface area contributed by atoms with Crippen LogP contribution in [0.15, 0.2) is 24.3 Å². The highest BCUT2D eigenvalue weighted by atomic mass is 31.0. The number of likely N-dealkylation sites (tertiary alicyclic amines) is 1. The highest BCUT2D eigenvalue weighted by Gasteiger charge is 2.26. The topological polar surface area (TPSA) is 52.7 Å². The lowest BCUT2D eigenvalue weighted by Crippen LogP contribution is -2.50. The largest absolute Gasteiger partial charge is 0.337 e. The molecular weight excluding hydrogens is 369 g/mol. The smallest absolute Gasteiger partial charge is 0.237 e. The van der Waals surface area contributed by atoms with Crippen LogP contribution in [-0.4, -0.2) is 47.2 Å². The second-order valence-corrected chi connectivity index (χ2v) is 6.94. The second-order valence-electron chi connectivity index (χ2n) is 6.45. The molecule has 2 aliphatic rings. The van der Waals surface area contributed by atoms with Crippen molar-refractivity contribution in [3.63, 3.8) is 0 Å². The Morgan fingerprint density at radius 2 is 1.64 bits per heavy atom. The third-order valence-electron chi connectivity index (χ3n) is 4.82. The van der Waals surface area contributed by atoms with Crippen LogP contribution in [0, 0.1) is 0 Å². The first-order valence-electron chi connectivity index (χ1n) is 10.5. The van der Waals surface area contributed by atoms with E-state index in [0.717, 1.165) is 19.5 Å². The van der Waals surface area contributed by atoms with Crippen molar-refractivity contribution in [1.29, 1.82) is 0 Å². The van der Waals surface area contributed by atoms with Crippen LogP contribution in [0.4, 0.5) is 4.79 Å². The van der Waals surface area contributed by atoms with Gasteiger partial charge in [0.2, 0.25) is 11.6 Å². The summed E-state index contributed by atoms with van der Waals surface area (Å²) in [5.41, 5.74) is 2.74. The third-order valence-corrected chi connectivity index (χ3v) is 5.15. The molecule has 0 aromatic heterocycles. The zero-order chi connectivity index (χ0) is 21.7. The molecule has 28 heavy (non-hydrogen) atoms. The molecule has 1 aromatic rings. The maximum absolute atomic E-state index is 11.5. The molecule has 0 radical (unpaired) electrons. The summed E-state index contributed by atoms with van der Waals surface area (Å²) in [6.45, 7) is 13.4. The van der Waals surface area contributed by atoms with Gasteiger partial charge in [0, 0.05) is 32.5 Å². The van der Waals surface area contributed by atoms with Crippen molar-refractivity contribution in [2.75, 3.05) is 13.6 Å². The van der Waals surface area contributed by atoms with Gasteiger partial charge in [-0.05, 0) is 47.2 Å². The Labute approximate surface area is 174 Å². The SMILES string of the molecule is CC.CC.CC1CCCN1C(=O)P.CNC1Cc2ccccc2CN1C(C)=O. The summed E-state index contributed by atoms with van der Waals surface area (Å²) in [5.74, 6) is 0.129. The average Bonchev–Trinajstić information content (AvgIpc) is 3.16. The van der Waals surface area contributed by atoms with E-state index in [4.69, 9.17) is 0 Å². The zero-order valence-electron chi connectivity index (χ0n) is 18.8. The molecule has 1 saturated heterocycles. The Bertz CT molecular complexity index is 595. The molecular formula is C22H40N3O2P. The van der Waals surface area contributed by atoms with Gasteiger partial charge in [0.15, 0.2) is 0 Å². The van der Waals surface area contributed by atoms with Crippen LogP contribution in [0.2, 0.25) is 0 Å². The quantitative estimate of drug-likeness (QED) is 0.687. The first-order chi connectivity index (χ1) is 13.4. The molecule has 1 fully saturated rings. The van der Waals surface area contributed by atoms with Gasteiger partial charge in [-0.15, -0.1) is 0 Å². The summed E-state index contributed by atoms with van der Waals surface area (Å²) in [5, 5.41) is 3.18. The standard InChI is InChI=1S/C12H16N2O.C6H12NOP.2C2H6/c1-9(15)14-8-11-6-4-3-5-10(11)7-12(14)13-2;1-5-3-2-4-7(5)6(8)9;2*1-2/h3-6,12-13H,7-8H2,1-2H3;5H,2-4,9H2,1H3;2*1-2H3. The molecule has 2 amide bonds. The molecule has 0 saturated carbocycles. The fraction of sp³-hybridized carbons (Fsp3) is 0.636. The number of nitrogens with one attached hydrogen (secondary N) is 1. The number of carbonyl (C=O) groups excluding carboxylic acids is 2. The minimum absolute atomic E-state index is 0.129. The summed E-state index contributed by atoms with van der Waals surface area (Å²) < 4.78 is 0. The molecule has 3 unspecified atom stereocenters. The molecule has 6 heteroatoms. The highest BCUT2D eigenvalue weighted by Crippen LogP contribution is 2.21. The van der Waals surface area contributed by atoms with Gasteiger partial charge in [-0.2, -0.15) is 0 Å². The van der Waals surface area contributed by atoms with Gasteiger partial charge in [-0.25, -0.2) is 0 Å². The fourth-order valence-electron chi connectivity index (χ4n) is 3.37. The Morgan fingerprint density at radius 3 is 2.04 bits per heavy atom. The summed E-state index contributed by atoms with van der Waals surface area (Å²) in [6, 6.07) is 8.77. The molecule has 3 rings (SSSR count). The predicted molar refractivity (Wildman–Crippen MR) is 122 cm³/mol. The molecule has 2 aliphatic heterocycles. The summed E-state index contributed by atoms with van der Waals surface area (Å²) >= 11 is 0. The van der Waals surface area contributed by atoms with E-state index < -0.39 is 0 Å². The molecule has 1 aromatic carbocycles. The van der Waals surface area contributed by atoms with Gasteiger partial charge in [-0.1, -0.05) is 52.0 Å². The van der Waals surface area contributed by atoms with Gasteiger partial charge in [-0.3, -0.25) is 9.59 Å². The monoisotopic (exact) mass is 409 g/mol. The number of hydrogen-bond donors (Lipinski definition) is 1. The highest BCUT2D eigenvalue weighted by molar-refractivity contribution is 7.39. The number of hydrogen-bond acceptors (Lipinski definition) is 3.